The van der Waals surface area contributed by atoms with Crippen LogP contribution in [0.1, 0.15) is 16.2 Å². The molecule has 1 amide bonds. The molecule has 0 bridgehead atoms. The van der Waals surface area contributed by atoms with Gasteiger partial charge in [-0.15, -0.1) is 16.4 Å². The van der Waals surface area contributed by atoms with Crippen LogP contribution >= 0.6 is 11.3 Å². The van der Waals surface area contributed by atoms with Crippen molar-refractivity contribution in [3.05, 3.63) is 90.2 Å². The lowest BCUT2D eigenvalue weighted by Gasteiger charge is -2.08. The average Bonchev–Trinajstić information content (AvgIpc) is 3.59. The number of benzene rings is 1. The van der Waals surface area contributed by atoms with Gasteiger partial charge in [0.15, 0.2) is 11.6 Å². The van der Waals surface area contributed by atoms with Gasteiger partial charge in [0.05, 0.1) is 10.6 Å². The fourth-order valence-corrected chi connectivity index (χ4v) is 3.77. The molecule has 9 nitrogen and oxygen atoms in total. The van der Waals surface area contributed by atoms with Crippen LogP contribution in [0, 0.1) is 0 Å². The van der Waals surface area contributed by atoms with E-state index >= 15 is 0 Å². The number of nitrogens with one attached hydrogen (secondary N) is 1. The molecule has 1 aromatic carbocycles. The Labute approximate surface area is 181 Å². The number of hydrogen-bond donors (Lipinski definition) is 1. The molecule has 0 saturated heterocycles. The molecule has 5 aromatic rings. The number of carbonyl (C=O) groups is 1. The maximum atomic E-state index is 12.9. The van der Waals surface area contributed by atoms with E-state index < -0.39 is 0 Å². The molecular weight excluding hydrogens is 412 g/mol. The highest BCUT2D eigenvalue weighted by atomic mass is 32.1. The van der Waals surface area contributed by atoms with Crippen molar-refractivity contribution in [2.45, 2.75) is 6.54 Å². The summed E-state index contributed by atoms with van der Waals surface area (Å²) in [6.45, 7) is 0.246. The minimum atomic E-state index is -0.374. The number of thiophene rings is 1. The van der Waals surface area contributed by atoms with Crippen molar-refractivity contribution in [3.63, 3.8) is 0 Å². The van der Waals surface area contributed by atoms with E-state index in [2.05, 4.69) is 30.5 Å². The summed E-state index contributed by atoms with van der Waals surface area (Å²) in [4.78, 5) is 26.6. The summed E-state index contributed by atoms with van der Waals surface area (Å²) in [6, 6.07) is 17.2. The number of nitrogens with zero attached hydrogens (tertiary/aromatic N) is 7. The summed E-state index contributed by atoms with van der Waals surface area (Å²) >= 11 is 1.54. The van der Waals surface area contributed by atoms with Crippen LogP contribution in [0.2, 0.25) is 0 Å². The zero-order valence-electron chi connectivity index (χ0n) is 16.2. The third kappa shape index (κ3) is 3.83. The van der Waals surface area contributed by atoms with Crippen LogP contribution < -0.4 is 5.32 Å². The van der Waals surface area contributed by atoms with Crippen LogP contribution in [0.5, 0.6) is 0 Å². The van der Waals surface area contributed by atoms with Gasteiger partial charge < -0.3 is 5.32 Å². The van der Waals surface area contributed by atoms with E-state index in [-0.39, 0.29) is 18.3 Å². The van der Waals surface area contributed by atoms with Gasteiger partial charge in [-0.05, 0) is 29.6 Å². The Morgan fingerprint density at radius 1 is 1.06 bits per heavy atom. The summed E-state index contributed by atoms with van der Waals surface area (Å²) in [5.74, 6) is 0.942. The Morgan fingerprint density at radius 3 is 2.74 bits per heavy atom. The van der Waals surface area contributed by atoms with Gasteiger partial charge in [-0.2, -0.15) is 5.10 Å². The van der Waals surface area contributed by atoms with Gasteiger partial charge in [-0.25, -0.2) is 24.3 Å². The first-order valence-electron chi connectivity index (χ1n) is 9.43. The fourth-order valence-electron chi connectivity index (χ4n) is 3.07. The van der Waals surface area contributed by atoms with Crippen molar-refractivity contribution in [3.8, 4) is 22.2 Å². The molecule has 0 saturated carbocycles. The molecule has 0 aliphatic heterocycles. The lowest BCUT2D eigenvalue weighted by atomic mass is 10.2. The van der Waals surface area contributed by atoms with E-state index in [1.807, 2.05) is 53.9 Å². The van der Waals surface area contributed by atoms with Crippen molar-refractivity contribution in [1.82, 2.24) is 39.8 Å². The maximum absolute atomic E-state index is 12.9. The monoisotopic (exact) mass is 428 g/mol. The quantitative estimate of drug-likeness (QED) is 0.446. The van der Waals surface area contributed by atoms with E-state index in [0.29, 0.717) is 11.6 Å². The van der Waals surface area contributed by atoms with Crippen molar-refractivity contribution >= 4 is 17.2 Å². The van der Waals surface area contributed by atoms with E-state index in [9.17, 15) is 4.79 Å². The zero-order valence-corrected chi connectivity index (χ0v) is 17.0. The van der Waals surface area contributed by atoms with Gasteiger partial charge in [0.25, 0.3) is 5.91 Å². The SMILES string of the molecule is O=C(NCc1cccnc1-n1cncn1)c1nc(-c2cccs2)n(-c2ccccc2)n1. The number of para-hydroxylation sites is 1. The molecule has 4 heterocycles. The molecule has 0 spiro atoms. The van der Waals surface area contributed by atoms with E-state index in [1.54, 1.807) is 39.3 Å². The number of pyridine rings is 1. The van der Waals surface area contributed by atoms with Crippen molar-refractivity contribution < 1.29 is 4.79 Å². The maximum Gasteiger partial charge on any atom is 0.291 e. The molecule has 1 N–H and O–H groups in total. The van der Waals surface area contributed by atoms with Crippen molar-refractivity contribution in [2.75, 3.05) is 0 Å². The lowest BCUT2D eigenvalue weighted by molar-refractivity contribution is 0.0940. The molecule has 0 fully saturated rings. The van der Waals surface area contributed by atoms with E-state index in [1.165, 1.54) is 6.33 Å². The molecule has 0 atom stereocenters. The Bertz CT molecular complexity index is 1300. The third-order valence-corrected chi connectivity index (χ3v) is 5.36. The van der Waals surface area contributed by atoms with Gasteiger partial charge >= 0.3 is 0 Å². The minimum Gasteiger partial charge on any atom is -0.345 e. The zero-order chi connectivity index (χ0) is 21.0. The second kappa shape index (κ2) is 8.28. The Kier molecular flexibility index (Phi) is 5.03. The van der Waals surface area contributed by atoms with Gasteiger partial charge in [0.2, 0.25) is 5.82 Å². The lowest BCUT2D eigenvalue weighted by Crippen LogP contribution is -2.25. The molecule has 10 heteroatoms. The van der Waals surface area contributed by atoms with Crippen LogP contribution in [-0.4, -0.2) is 40.4 Å². The van der Waals surface area contributed by atoms with Gasteiger partial charge in [-0.3, -0.25) is 4.79 Å². The number of carbonyl (C=O) groups excluding carboxylic acids is 1. The molecule has 152 valence electrons. The van der Waals surface area contributed by atoms with Gasteiger partial charge in [-0.1, -0.05) is 30.3 Å². The number of hydrogen-bond acceptors (Lipinski definition) is 7. The van der Waals surface area contributed by atoms with Crippen LogP contribution in [-0.2, 0) is 6.54 Å². The number of amides is 1. The van der Waals surface area contributed by atoms with Crippen molar-refractivity contribution in [2.24, 2.45) is 0 Å². The predicted octanol–water partition coefficient (Wildman–Crippen LogP) is 2.90. The highest BCUT2D eigenvalue weighted by Gasteiger charge is 2.19. The van der Waals surface area contributed by atoms with Crippen LogP contribution in [0.15, 0.2) is 78.8 Å². The molecule has 0 aliphatic rings. The van der Waals surface area contributed by atoms with Crippen molar-refractivity contribution in [1.29, 1.82) is 0 Å². The first-order valence-corrected chi connectivity index (χ1v) is 10.3. The summed E-state index contributed by atoms with van der Waals surface area (Å²) in [5.41, 5.74) is 1.63. The normalized spacial score (nSPS) is 10.8. The molecule has 0 radical (unpaired) electrons. The number of rotatable bonds is 6. The first-order chi connectivity index (χ1) is 15.3. The molecule has 5 rings (SSSR count). The van der Waals surface area contributed by atoms with Crippen LogP contribution in [0.3, 0.4) is 0 Å². The molecule has 0 unspecified atom stereocenters. The highest BCUT2D eigenvalue weighted by Crippen LogP contribution is 2.25. The van der Waals surface area contributed by atoms with Crippen LogP contribution in [0.25, 0.3) is 22.2 Å². The largest absolute Gasteiger partial charge is 0.345 e. The van der Waals surface area contributed by atoms with Crippen LogP contribution in [0.4, 0.5) is 0 Å². The second-order valence-corrected chi connectivity index (χ2v) is 7.44. The molecule has 31 heavy (non-hydrogen) atoms. The fraction of sp³-hybridized carbons (Fsp3) is 0.0476. The van der Waals surface area contributed by atoms with E-state index in [4.69, 9.17) is 0 Å². The standard InChI is InChI=1S/C21H16N8OS/c30-21(24-12-15-6-4-10-23-19(15)28-14-22-13-25-28)18-26-20(17-9-5-11-31-17)29(27-18)16-7-2-1-3-8-16/h1-11,13-14H,12H2,(H,24,30). The predicted molar refractivity (Wildman–Crippen MR) is 115 cm³/mol. The Balaban J connectivity index is 1.42. The summed E-state index contributed by atoms with van der Waals surface area (Å²) in [7, 11) is 0. The summed E-state index contributed by atoms with van der Waals surface area (Å²) in [5, 5.41) is 13.4. The molecule has 0 aliphatic carbocycles. The Hall–Kier alpha value is -4.18. The highest BCUT2D eigenvalue weighted by molar-refractivity contribution is 7.13. The van der Waals surface area contributed by atoms with Gasteiger partial charge in [0.1, 0.15) is 12.7 Å². The topological polar surface area (TPSA) is 103 Å². The average molecular weight is 428 g/mol. The van der Waals surface area contributed by atoms with E-state index in [0.717, 1.165) is 16.1 Å². The summed E-state index contributed by atoms with van der Waals surface area (Å²) in [6.07, 6.45) is 4.66. The van der Waals surface area contributed by atoms with Gasteiger partial charge in [0, 0.05) is 18.3 Å². The second-order valence-electron chi connectivity index (χ2n) is 6.49. The number of aromatic nitrogens is 7. The minimum absolute atomic E-state index is 0.0958. The first kappa shape index (κ1) is 18.8. The molecular formula is C21H16N8OS. The Morgan fingerprint density at radius 2 is 1.97 bits per heavy atom. The smallest absolute Gasteiger partial charge is 0.291 e. The third-order valence-electron chi connectivity index (χ3n) is 4.50. The summed E-state index contributed by atoms with van der Waals surface area (Å²) < 4.78 is 3.24. The molecule has 4 aromatic heterocycles.